The lowest BCUT2D eigenvalue weighted by Crippen LogP contribution is -2.37. The first kappa shape index (κ1) is 12.2. The normalized spacial score (nSPS) is 19.6. The summed E-state index contributed by atoms with van der Waals surface area (Å²) in [6.45, 7) is 0.764. The van der Waals surface area contributed by atoms with Gasteiger partial charge in [0.25, 0.3) is 5.91 Å². The monoisotopic (exact) mass is 252 g/mol. The van der Waals surface area contributed by atoms with Crippen LogP contribution in [-0.2, 0) is 0 Å². The molecule has 1 aliphatic rings. The Morgan fingerprint density at radius 3 is 3.24 bits per heavy atom. The van der Waals surface area contributed by atoms with Crippen LogP contribution in [0.5, 0.6) is 5.75 Å². The number of hydrogen-bond acceptors (Lipinski definition) is 4. The van der Waals surface area contributed by atoms with Crippen LogP contribution in [0.1, 0.15) is 23.3 Å². The molecule has 1 N–H and O–H groups in total. The number of carbonyl (C=O) groups excluding carboxylic acids is 1. The van der Waals surface area contributed by atoms with E-state index in [1.807, 2.05) is 11.2 Å². The Balaban J connectivity index is 2.17. The van der Waals surface area contributed by atoms with E-state index >= 15 is 0 Å². The van der Waals surface area contributed by atoms with Gasteiger partial charge >= 0.3 is 0 Å². The van der Waals surface area contributed by atoms with Gasteiger partial charge in [0.15, 0.2) is 5.69 Å². The number of aromatic nitrogens is 1. The van der Waals surface area contributed by atoms with Crippen molar-refractivity contribution in [2.45, 2.75) is 18.9 Å². The van der Waals surface area contributed by atoms with E-state index in [1.165, 1.54) is 12.3 Å². The Kier molecular flexibility index (Phi) is 3.89. The van der Waals surface area contributed by atoms with E-state index in [9.17, 15) is 9.90 Å². The fraction of sp³-hybridized carbons (Fsp3) is 0.500. The largest absolute Gasteiger partial charge is 0.505 e. The molecule has 1 aliphatic heterocycles. The molecule has 0 saturated carbocycles. The molecule has 0 aromatic carbocycles. The van der Waals surface area contributed by atoms with Crippen molar-refractivity contribution < 1.29 is 9.90 Å². The van der Waals surface area contributed by atoms with Crippen molar-refractivity contribution in [3.8, 4) is 5.75 Å². The van der Waals surface area contributed by atoms with Crippen molar-refractivity contribution >= 4 is 17.7 Å². The molecule has 1 aromatic rings. The van der Waals surface area contributed by atoms with Gasteiger partial charge < -0.3 is 10.0 Å². The number of likely N-dealkylation sites (tertiary alicyclic amines) is 1. The minimum absolute atomic E-state index is 0.0349. The van der Waals surface area contributed by atoms with Crippen LogP contribution in [0.2, 0.25) is 0 Å². The fourth-order valence-electron chi connectivity index (χ4n) is 2.17. The SMILES string of the molecule is CSCC1CCCN1C(=O)c1ncccc1O. The highest BCUT2D eigenvalue weighted by Gasteiger charge is 2.30. The van der Waals surface area contributed by atoms with Gasteiger partial charge in [0.05, 0.1) is 0 Å². The van der Waals surface area contributed by atoms with Gasteiger partial charge in [-0.05, 0) is 31.2 Å². The Hall–Kier alpha value is -1.23. The van der Waals surface area contributed by atoms with E-state index in [0.717, 1.165) is 25.1 Å². The Morgan fingerprint density at radius 2 is 2.53 bits per heavy atom. The minimum Gasteiger partial charge on any atom is -0.505 e. The second-order valence-corrected chi connectivity index (χ2v) is 5.03. The van der Waals surface area contributed by atoms with Gasteiger partial charge in [-0.2, -0.15) is 11.8 Å². The summed E-state index contributed by atoms with van der Waals surface area (Å²) in [6, 6.07) is 3.40. The quantitative estimate of drug-likeness (QED) is 0.890. The molecule has 1 amide bonds. The van der Waals surface area contributed by atoms with Crippen molar-refractivity contribution in [3.05, 3.63) is 24.0 Å². The van der Waals surface area contributed by atoms with Crippen LogP contribution in [0.25, 0.3) is 0 Å². The average molecular weight is 252 g/mol. The van der Waals surface area contributed by atoms with Gasteiger partial charge in [0.2, 0.25) is 0 Å². The molecule has 0 bridgehead atoms. The predicted octanol–water partition coefficient (Wildman–Crippen LogP) is 1.75. The highest BCUT2D eigenvalue weighted by Crippen LogP contribution is 2.24. The van der Waals surface area contributed by atoms with E-state index in [-0.39, 0.29) is 23.4 Å². The summed E-state index contributed by atoms with van der Waals surface area (Å²) in [5, 5.41) is 9.64. The van der Waals surface area contributed by atoms with Crippen LogP contribution in [0.3, 0.4) is 0 Å². The summed E-state index contributed by atoms with van der Waals surface area (Å²) in [6.07, 6.45) is 5.65. The first-order valence-corrected chi connectivity index (χ1v) is 7.07. The van der Waals surface area contributed by atoms with Crippen molar-refractivity contribution in [2.24, 2.45) is 0 Å². The summed E-state index contributed by atoms with van der Waals surface area (Å²) in [4.78, 5) is 18.0. The number of amides is 1. The summed E-state index contributed by atoms with van der Waals surface area (Å²) in [5.41, 5.74) is 0.167. The number of rotatable bonds is 3. The lowest BCUT2D eigenvalue weighted by Gasteiger charge is -2.23. The number of pyridine rings is 1. The van der Waals surface area contributed by atoms with Crippen LogP contribution in [0, 0.1) is 0 Å². The molecule has 17 heavy (non-hydrogen) atoms. The number of hydrogen-bond donors (Lipinski definition) is 1. The molecule has 4 nitrogen and oxygen atoms in total. The van der Waals surface area contributed by atoms with E-state index in [2.05, 4.69) is 4.98 Å². The van der Waals surface area contributed by atoms with E-state index in [0.29, 0.717) is 0 Å². The second kappa shape index (κ2) is 5.40. The Morgan fingerprint density at radius 1 is 1.71 bits per heavy atom. The van der Waals surface area contributed by atoms with Crippen molar-refractivity contribution in [3.63, 3.8) is 0 Å². The van der Waals surface area contributed by atoms with Gasteiger partial charge in [-0.1, -0.05) is 0 Å². The Bertz CT molecular complexity index is 411. The third kappa shape index (κ3) is 2.54. The van der Waals surface area contributed by atoms with Gasteiger partial charge in [-0.3, -0.25) is 4.79 Å². The van der Waals surface area contributed by atoms with Crippen LogP contribution in [0.15, 0.2) is 18.3 Å². The molecule has 0 spiro atoms. The van der Waals surface area contributed by atoms with Crippen LogP contribution < -0.4 is 0 Å². The van der Waals surface area contributed by atoms with Crippen molar-refractivity contribution in [1.29, 1.82) is 0 Å². The lowest BCUT2D eigenvalue weighted by atomic mass is 10.2. The number of thioether (sulfide) groups is 1. The molecule has 0 radical (unpaired) electrons. The number of nitrogens with zero attached hydrogens (tertiary/aromatic N) is 2. The molecule has 2 rings (SSSR count). The highest BCUT2D eigenvalue weighted by atomic mass is 32.2. The zero-order valence-corrected chi connectivity index (χ0v) is 10.6. The van der Waals surface area contributed by atoms with Crippen LogP contribution in [0.4, 0.5) is 0 Å². The molecule has 92 valence electrons. The van der Waals surface area contributed by atoms with Crippen molar-refractivity contribution in [2.75, 3.05) is 18.6 Å². The average Bonchev–Trinajstić information content (AvgIpc) is 2.78. The molecule has 1 saturated heterocycles. The zero-order chi connectivity index (χ0) is 12.3. The van der Waals surface area contributed by atoms with Gasteiger partial charge in [-0.15, -0.1) is 0 Å². The summed E-state index contributed by atoms with van der Waals surface area (Å²) in [5.74, 6) is 0.756. The van der Waals surface area contributed by atoms with Gasteiger partial charge in [0, 0.05) is 24.5 Å². The molecule has 1 unspecified atom stereocenters. The number of carbonyl (C=O) groups is 1. The maximum Gasteiger partial charge on any atom is 0.276 e. The first-order chi connectivity index (χ1) is 8.24. The maximum absolute atomic E-state index is 12.2. The van der Waals surface area contributed by atoms with Crippen LogP contribution in [-0.4, -0.2) is 45.5 Å². The lowest BCUT2D eigenvalue weighted by molar-refractivity contribution is 0.0740. The molecular weight excluding hydrogens is 236 g/mol. The van der Waals surface area contributed by atoms with Crippen molar-refractivity contribution in [1.82, 2.24) is 9.88 Å². The van der Waals surface area contributed by atoms with Gasteiger partial charge in [0.1, 0.15) is 5.75 Å². The first-order valence-electron chi connectivity index (χ1n) is 5.68. The van der Waals surface area contributed by atoms with E-state index in [4.69, 9.17) is 0 Å². The molecule has 1 fully saturated rings. The smallest absolute Gasteiger partial charge is 0.276 e. The minimum atomic E-state index is -0.153. The number of aromatic hydroxyl groups is 1. The zero-order valence-electron chi connectivity index (χ0n) is 9.80. The summed E-state index contributed by atoms with van der Waals surface area (Å²) >= 11 is 1.74. The molecule has 1 atom stereocenters. The molecular formula is C12H16N2O2S. The third-order valence-corrected chi connectivity index (χ3v) is 3.70. The second-order valence-electron chi connectivity index (χ2n) is 4.12. The topological polar surface area (TPSA) is 53.4 Å². The molecule has 2 heterocycles. The standard InChI is InChI=1S/C12H16N2O2S/c1-17-8-9-4-3-7-14(9)12(16)11-10(15)5-2-6-13-11/h2,5-6,9,15H,3-4,7-8H2,1H3. The molecule has 5 heteroatoms. The highest BCUT2D eigenvalue weighted by molar-refractivity contribution is 7.98. The van der Waals surface area contributed by atoms with Crippen LogP contribution >= 0.6 is 11.8 Å². The fourth-order valence-corrected chi connectivity index (χ4v) is 2.90. The maximum atomic E-state index is 12.2. The third-order valence-electron chi connectivity index (χ3n) is 2.99. The summed E-state index contributed by atoms with van der Waals surface area (Å²) < 4.78 is 0. The molecule has 0 aliphatic carbocycles. The van der Waals surface area contributed by atoms with E-state index < -0.39 is 0 Å². The predicted molar refractivity (Wildman–Crippen MR) is 68.3 cm³/mol. The summed E-state index contributed by atoms with van der Waals surface area (Å²) in [7, 11) is 0. The Labute approximate surface area is 105 Å². The van der Waals surface area contributed by atoms with Gasteiger partial charge in [-0.25, -0.2) is 4.98 Å². The van der Waals surface area contributed by atoms with E-state index in [1.54, 1.807) is 17.8 Å². The molecule has 1 aromatic heterocycles.